The maximum atomic E-state index is 12.1. The Balaban J connectivity index is 1.53. The average Bonchev–Trinajstić information content (AvgIpc) is 2.67. The van der Waals surface area contributed by atoms with Gasteiger partial charge in [0.15, 0.2) is 6.61 Å². The number of fused-ring (bicyclic) bond motifs is 1. The van der Waals surface area contributed by atoms with Crippen molar-refractivity contribution in [1.82, 2.24) is 0 Å². The summed E-state index contributed by atoms with van der Waals surface area (Å²) >= 11 is 13.5. The molecule has 0 bridgehead atoms. The third kappa shape index (κ3) is 4.79. The summed E-state index contributed by atoms with van der Waals surface area (Å²) < 4.78 is 4.99. The number of amides is 2. The third-order valence-corrected chi connectivity index (χ3v) is 6.05. The first-order valence-electron chi connectivity index (χ1n) is 8.32. The van der Waals surface area contributed by atoms with Gasteiger partial charge in [-0.1, -0.05) is 41.4 Å². The maximum Gasteiger partial charge on any atom is 0.307 e. The molecule has 2 amide bonds. The molecule has 2 N–H and O–H groups in total. The van der Waals surface area contributed by atoms with E-state index in [1.807, 2.05) is 18.2 Å². The highest BCUT2D eigenvalue weighted by Gasteiger charge is 2.29. The van der Waals surface area contributed by atoms with Gasteiger partial charge in [-0.25, -0.2) is 0 Å². The van der Waals surface area contributed by atoms with Crippen LogP contribution in [0.25, 0.3) is 0 Å². The summed E-state index contributed by atoms with van der Waals surface area (Å²) in [7, 11) is 0. The zero-order chi connectivity index (χ0) is 20.3. The van der Waals surface area contributed by atoms with Gasteiger partial charge in [0.05, 0.1) is 33.1 Å². The molecule has 6 nitrogen and oxygen atoms in total. The van der Waals surface area contributed by atoms with Crippen LogP contribution in [0.15, 0.2) is 41.3 Å². The number of para-hydroxylation sites is 1. The Hall–Kier alpha value is -2.22. The van der Waals surface area contributed by atoms with Crippen LogP contribution in [0.3, 0.4) is 0 Å². The van der Waals surface area contributed by atoms with Gasteiger partial charge in [-0.3, -0.25) is 14.4 Å². The molecular formula is C19H16Cl2N2O4S. The van der Waals surface area contributed by atoms with Crippen LogP contribution in [-0.4, -0.2) is 29.6 Å². The average molecular weight is 439 g/mol. The minimum absolute atomic E-state index is 0.149. The summed E-state index contributed by atoms with van der Waals surface area (Å²) in [5.74, 6) is -1.50. The van der Waals surface area contributed by atoms with Gasteiger partial charge in [0.25, 0.3) is 5.91 Å². The topological polar surface area (TPSA) is 84.5 Å². The second-order valence-corrected chi connectivity index (χ2v) is 8.09. The van der Waals surface area contributed by atoms with E-state index in [1.54, 1.807) is 25.1 Å². The molecule has 0 aromatic heterocycles. The van der Waals surface area contributed by atoms with Crippen LogP contribution < -0.4 is 10.6 Å². The first kappa shape index (κ1) is 20.5. The molecule has 0 fully saturated rings. The molecule has 1 aliphatic rings. The van der Waals surface area contributed by atoms with Crippen molar-refractivity contribution >= 4 is 64.1 Å². The number of nitrogens with one attached hydrogen (secondary N) is 2. The number of hydrogen-bond acceptors (Lipinski definition) is 5. The van der Waals surface area contributed by atoms with Gasteiger partial charge >= 0.3 is 5.97 Å². The summed E-state index contributed by atoms with van der Waals surface area (Å²) in [6.45, 7) is 1.27. The summed E-state index contributed by atoms with van der Waals surface area (Å²) in [4.78, 5) is 37.1. The van der Waals surface area contributed by atoms with Crippen LogP contribution >= 0.6 is 35.0 Å². The maximum absolute atomic E-state index is 12.1. The number of carbonyl (C=O) groups excluding carboxylic acids is 3. The van der Waals surface area contributed by atoms with Crippen molar-refractivity contribution in [3.8, 4) is 0 Å². The summed E-state index contributed by atoms with van der Waals surface area (Å²) in [5, 5.41) is 5.27. The number of rotatable bonds is 5. The zero-order valence-electron chi connectivity index (χ0n) is 14.8. The molecule has 0 aliphatic carbocycles. The van der Waals surface area contributed by atoms with Gasteiger partial charge in [-0.15, -0.1) is 11.8 Å². The SMILES string of the molecule is Cc1ccc(Cl)c(NC(=O)COC(=O)C[C@@H]2Sc3ccccc3NC2=O)c1Cl. The molecule has 1 aliphatic heterocycles. The number of benzene rings is 2. The van der Waals surface area contributed by atoms with E-state index in [0.717, 1.165) is 10.5 Å². The van der Waals surface area contributed by atoms with E-state index in [1.165, 1.54) is 11.8 Å². The Kier molecular flexibility index (Phi) is 6.49. The van der Waals surface area contributed by atoms with Gasteiger partial charge in [-0.2, -0.15) is 0 Å². The quantitative estimate of drug-likeness (QED) is 0.680. The monoisotopic (exact) mass is 438 g/mol. The number of anilines is 2. The van der Waals surface area contributed by atoms with Gasteiger partial charge in [0.2, 0.25) is 5.91 Å². The molecule has 0 saturated heterocycles. The van der Waals surface area contributed by atoms with Crippen molar-refractivity contribution in [2.45, 2.75) is 23.5 Å². The highest BCUT2D eigenvalue weighted by Crippen LogP contribution is 2.36. The van der Waals surface area contributed by atoms with Crippen molar-refractivity contribution < 1.29 is 19.1 Å². The van der Waals surface area contributed by atoms with Gasteiger partial charge < -0.3 is 15.4 Å². The predicted molar refractivity (Wildman–Crippen MR) is 110 cm³/mol. The molecule has 0 radical (unpaired) electrons. The smallest absolute Gasteiger partial charge is 0.307 e. The van der Waals surface area contributed by atoms with Crippen LogP contribution in [0.1, 0.15) is 12.0 Å². The lowest BCUT2D eigenvalue weighted by Gasteiger charge is -2.23. The van der Waals surface area contributed by atoms with Crippen molar-refractivity contribution in [2.24, 2.45) is 0 Å². The molecule has 2 aromatic rings. The number of hydrogen-bond donors (Lipinski definition) is 2. The molecule has 0 saturated carbocycles. The van der Waals surface area contributed by atoms with Crippen molar-refractivity contribution in [3.63, 3.8) is 0 Å². The highest BCUT2D eigenvalue weighted by atomic mass is 35.5. The fraction of sp³-hybridized carbons (Fsp3) is 0.211. The summed E-state index contributed by atoms with van der Waals surface area (Å²) in [6, 6.07) is 10.7. The molecule has 0 spiro atoms. The number of thioether (sulfide) groups is 1. The Morgan fingerprint density at radius 1 is 1.21 bits per heavy atom. The molecule has 3 rings (SSSR count). The predicted octanol–water partition coefficient (Wildman–Crippen LogP) is 4.29. The number of halogens is 2. The van der Waals surface area contributed by atoms with Crippen LogP contribution in [-0.2, 0) is 19.1 Å². The molecule has 146 valence electrons. The van der Waals surface area contributed by atoms with Crippen LogP contribution in [0.4, 0.5) is 11.4 Å². The van der Waals surface area contributed by atoms with Gasteiger partial charge in [-0.05, 0) is 30.7 Å². The lowest BCUT2D eigenvalue weighted by Crippen LogP contribution is -2.32. The summed E-state index contributed by atoms with van der Waals surface area (Å²) in [5.41, 5.74) is 1.73. The molecule has 28 heavy (non-hydrogen) atoms. The van der Waals surface area contributed by atoms with Crippen LogP contribution in [0, 0.1) is 6.92 Å². The fourth-order valence-corrected chi connectivity index (χ4v) is 4.09. The molecular weight excluding hydrogens is 423 g/mol. The second kappa shape index (κ2) is 8.86. The zero-order valence-corrected chi connectivity index (χ0v) is 17.1. The van der Waals surface area contributed by atoms with E-state index in [-0.39, 0.29) is 23.0 Å². The summed E-state index contributed by atoms with van der Waals surface area (Å²) in [6.07, 6.45) is -0.149. The van der Waals surface area contributed by atoms with Gasteiger partial charge in [0.1, 0.15) is 0 Å². The Morgan fingerprint density at radius 2 is 1.96 bits per heavy atom. The Morgan fingerprint density at radius 3 is 2.75 bits per heavy atom. The first-order valence-corrected chi connectivity index (χ1v) is 9.95. The first-order chi connectivity index (χ1) is 13.3. The molecule has 2 aromatic carbocycles. The molecule has 1 atom stereocenters. The normalized spacial score (nSPS) is 15.4. The largest absolute Gasteiger partial charge is 0.456 e. The van der Waals surface area contributed by atoms with Crippen molar-refractivity contribution in [1.29, 1.82) is 0 Å². The van der Waals surface area contributed by atoms with Crippen molar-refractivity contribution in [2.75, 3.05) is 17.2 Å². The van der Waals surface area contributed by atoms with Gasteiger partial charge in [0, 0.05) is 4.90 Å². The van der Waals surface area contributed by atoms with Crippen LogP contribution in [0.5, 0.6) is 0 Å². The Labute approximate surface area is 175 Å². The number of carbonyl (C=O) groups is 3. The minimum atomic E-state index is -0.649. The molecule has 1 heterocycles. The fourth-order valence-electron chi connectivity index (χ4n) is 2.53. The Bertz CT molecular complexity index is 952. The van der Waals surface area contributed by atoms with E-state index in [2.05, 4.69) is 10.6 Å². The van der Waals surface area contributed by atoms with E-state index < -0.39 is 23.7 Å². The highest BCUT2D eigenvalue weighted by molar-refractivity contribution is 8.01. The molecule has 0 unspecified atom stereocenters. The minimum Gasteiger partial charge on any atom is -0.456 e. The number of ether oxygens (including phenoxy) is 1. The number of esters is 1. The lowest BCUT2D eigenvalue weighted by atomic mass is 10.2. The van der Waals surface area contributed by atoms with E-state index in [9.17, 15) is 14.4 Å². The van der Waals surface area contributed by atoms with E-state index in [4.69, 9.17) is 27.9 Å². The second-order valence-electron chi connectivity index (χ2n) is 6.06. The van der Waals surface area contributed by atoms with Crippen LogP contribution in [0.2, 0.25) is 10.0 Å². The molecule has 9 heteroatoms. The standard InChI is InChI=1S/C19H16Cl2N2O4S/c1-10-6-7-11(20)18(17(10)21)23-15(24)9-27-16(25)8-14-19(26)22-12-4-2-3-5-13(12)28-14/h2-7,14H,8-9H2,1H3,(H,22,26)(H,23,24)/t14-/m0/s1. The lowest BCUT2D eigenvalue weighted by molar-refractivity contribution is -0.147. The van der Waals surface area contributed by atoms with E-state index >= 15 is 0 Å². The third-order valence-electron chi connectivity index (χ3n) is 3.97. The number of aryl methyl sites for hydroxylation is 1. The van der Waals surface area contributed by atoms with Crippen molar-refractivity contribution in [3.05, 3.63) is 52.0 Å². The van der Waals surface area contributed by atoms with E-state index in [0.29, 0.717) is 10.7 Å².